The first-order valence-electron chi connectivity index (χ1n) is 12.0. The van der Waals surface area contributed by atoms with Gasteiger partial charge in [-0.3, -0.25) is 19.6 Å². The minimum atomic E-state index is -0.147. The van der Waals surface area contributed by atoms with Gasteiger partial charge in [0.15, 0.2) is 0 Å². The van der Waals surface area contributed by atoms with Crippen molar-refractivity contribution in [2.24, 2.45) is 4.99 Å². The molecule has 2 amide bonds. The fraction of sp³-hybridized carbons (Fsp3) is 0.417. The van der Waals surface area contributed by atoms with Gasteiger partial charge >= 0.3 is 0 Å². The summed E-state index contributed by atoms with van der Waals surface area (Å²) in [5.74, 6) is -0.262. The highest BCUT2D eigenvalue weighted by atomic mass is 32.1. The molecular weight excluding hydrogens is 496 g/mol. The van der Waals surface area contributed by atoms with Gasteiger partial charge in [0.2, 0.25) is 22.1 Å². The largest absolute Gasteiger partial charge is 0.300 e. The number of dihydropyridines is 1. The molecule has 2 N–H and O–H groups in total. The Bertz CT molecular complexity index is 1210. The average molecular weight is 525 g/mol. The molecule has 0 radical (unpaired) electrons. The van der Waals surface area contributed by atoms with Crippen molar-refractivity contribution in [1.29, 1.82) is 0 Å². The van der Waals surface area contributed by atoms with Crippen molar-refractivity contribution in [2.75, 3.05) is 17.2 Å². The summed E-state index contributed by atoms with van der Waals surface area (Å²) in [6, 6.07) is 5.50. The minimum Gasteiger partial charge on any atom is -0.300 e. The average Bonchev–Trinajstić information content (AvgIpc) is 3.51. The number of rotatable bonds is 13. The molecule has 1 aliphatic rings. The number of hydrogen-bond donors (Lipinski definition) is 2. The van der Waals surface area contributed by atoms with Gasteiger partial charge in [-0.05, 0) is 37.5 Å². The number of anilines is 2. The molecule has 4 heterocycles. The molecular formula is C24H28N8O2S2. The van der Waals surface area contributed by atoms with Crippen molar-refractivity contribution in [1.82, 2.24) is 25.4 Å². The lowest BCUT2D eigenvalue weighted by Crippen LogP contribution is -2.16. The second-order valence-electron chi connectivity index (χ2n) is 8.25. The van der Waals surface area contributed by atoms with Gasteiger partial charge in [-0.2, -0.15) is 0 Å². The zero-order valence-electron chi connectivity index (χ0n) is 19.9. The van der Waals surface area contributed by atoms with Gasteiger partial charge in [0, 0.05) is 37.0 Å². The fourth-order valence-electron chi connectivity index (χ4n) is 3.54. The van der Waals surface area contributed by atoms with E-state index in [0.717, 1.165) is 72.9 Å². The van der Waals surface area contributed by atoms with Crippen LogP contribution in [0.3, 0.4) is 0 Å². The SMILES string of the molecule is O=C(CC1=NCCC=C1)Nc1nnc(CCCCCCc2nnc(NC(=O)Cc3ccccn3)s2)s1. The molecule has 0 unspecified atom stereocenters. The van der Waals surface area contributed by atoms with Crippen LogP contribution in [-0.4, -0.2) is 49.4 Å². The summed E-state index contributed by atoms with van der Waals surface area (Å²) in [4.78, 5) is 32.8. The summed E-state index contributed by atoms with van der Waals surface area (Å²) in [6.07, 6.45) is 12.9. The van der Waals surface area contributed by atoms with E-state index >= 15 is 0 Å². The number of allylic oxidation sites excluding steroid dienone is 1. The summed E-state index contributed by atoms with van der Waals surface area (Å²) in [6.45, 7) is 0.745. The van der Waals surface area contributed by atoms with Gasteiger partial charge in [-0.25, -0.2) is 0 Å². The molecule has 0 aliphatic carbocycles. The number of aliphatic imine (C=N–C) groups is 1. The molecule has 188 valence electrons. The van der Waals surface area contributed by atoms with Crippen LogP contribution in [0.2, 0.25) is 0 Å². The van der Waals surface area contributed by atoms with Crippen LogP contribution < -0.4 is 10.6 Å². The highest BCUT2D eigenvalue weighted by Crippen LogP contribution is 2.20. The Morgan fingerprint density at radius 3 is 2.08 bits per heavy atom. The zero-order valence-corrected chi connectivity index (χ0v) is 21.5. The highest BCUT2D eigenvalue weighted by Gasteiger charge is 2.12. The number of amides is 2. The number of pyridine rings is 1. The van der Waals surface area contributed by atoms with Gasteiger partial charge in [0.1, 0.15) is 10.0 Å². The van der Waals surface area contributed by atoms with Crippen LogP contribution in [0.1, 0.15) is 54.2 Å². The van der Waals surface area contributed by atoms with E-state index in [1.54, 1.807) is 6.20 Å². The molecule has 0 saturated heterocycles. The summed E-state index contributed by atoms with van der Waals surface area (Å²) in [7, 11) is 0. The monoisotopic (exact) mass is 524 g/mol. The first-order chi connectivity index (χ1) is 17.6. The number of aromatic nitrogens is 5. The van der Waals surface area contributed by atoms with Crippen molar-refractivity contribution < 1.29 is 9.59 Å². The van der Waals surface area contributed by atoms with Crippen molar-refractivity contribution in [3.8, 4) is 0 Å². The smallest absolute Gasteiger partial charge is 0.232 e. The normalized spacial score (nSPS) is 12.8. The number of carbonyl (C=O) groups excluding carboxylic acids is 2. The Morgan fingerprint density at radius 2 is 1.50 bits per heavy atom. The number of hydrogen-bond acceptors (Lipinski definition) is 10. The maximum absolute atomic E-state index is 12.1. The molecule has 1 aliphatic heterocycles. The van der Waals surface area contributed by atoms with Crippen LogP contribution in [0, 0.1) is 0 Å². The summed E-state index contributed by atoms with van der Waals surface area (Å²) < 4.78 is 0. The number of nitrogens with zero attached hydrogens (tertiary/aromatic N) is 6. The molecule has 0 spiro atoms. The third-order valence-corrected chi connectivity index (χ3v) is 7.08. The molecule has 0 saturated carbocycles. The third kappa shape index (κ3) is 8.68. The van der Waals surface area contributed by atoms with E-state index in [9.17, 15) is 9.59 Å². The Hall–Kier alpha value is -3.38. The highest BCUT2D eigenvalue weighted by molar-refractivity contribution is 7.15. The number of aryl methyl sites for hydroxylation is 2. The Balaban J connectivity index is 1.07. The molecule has 3 aromatic heterocycles. The van der Waals surface area contributed by atoms with Crippen LogP contribution in [0.5, 0.6) is 0 Å². The fourth-order valence-corrected chi connectivity index (χ4v) is 5.14. The lowest BCUT2D eigenvalue weighted by Gasteiger charge is -2.05. The van der Waals surface area contributed by atoms with Crippen LogP contribution in [0.25, 0.3) is 0 Å². The summed E-state index contributed by atoms with van der Waals surface area (Å²) in [5, 5.41) is 25.0. The number of carbonyl (C=O) groups is 2. The van der Waals surface area contributed by atoms with E-state index in [0.29, 0.717) is 10.3 Å². The predicted octanol–water partition coefficient (Wildman–Crippen LogP) is 4.04. The van der Waals surface area contributed by atoms with Crippen molar-refractivity contribution in [2.45, 2.75) is 57.8 Å². The van der Waals surface area contributed by atoms with Crippen LogP contribution >= 0.6 is 22.7 Å². The van der Waals surface area contributed by atoms with Crippen molar-refractivity contribution >= 4 is 50.5 Å². The van der Waals surface area contributed by atoms with Gasteiger partial charge in [-0.1, -0.05) is 47.7 Å². The van der Waals surface area contributed by atoms with E-state index < -0.39 is 0 Å². The first-order valence-corrected chi connectivity index (χ1v) is 13.6. The number of unbranched alkanes of at least 4 members (excludes halogenated alkanes) is 3. The maximum Gasteiger partial charge on any atom is 0.232 e. The Kier molecular flexibility index (Phi) is 9.74. The van der Waals surface area contributed by atoms with Crippen molar-refractivity contribution in [3.63, 3.8) is 0 Å². The molecule has 4 rings (SSSR count). The zero-order chi connectivity index (χ0) is 25.0. The minimum absolute atomic E-state index is 0.115. The first kappa shape index (κ1) is 25.7. The molecule has 0 aromatic carbocycles. The van der Waals surface area contributed by atoms with Gasteiger partial charge < -0.3 is 10.6 Å². The van der Waals surface area contributed by atoms with Crippen LogP contribution in [0.15, 0.2) is 41.5 Å². The predicted molar refractivity (Wildman–Crippen MR) is 142 cm³/mol. The molecule has 3 aromatic rings. The summed E-state index contributed by atoms with van der Waals surface area (Å²) >= 11 is 2.84. The topological polar surface area (TPSA) is 135 Å². The second kappa shape index (κ2) is 13.6. The third-order valence-electron chi connectivity index (χ3n) is 5.29. The molecule has 0 atom stereocenters. The Morgan fingerprint density at radius 1 is 0.833 bits per heavy atom. The standard InChI is InChI=1S/C24H28N8O2S2/c33-19(15-17-9-5-7-13-25-17)27-23-31-29-21(35-23)11-3-1-2-4-12-22-30-32-24(36-22)28-20(34)16-18-10-6-8-14-26-18/h5-7,9-10,13H,1-4,8,11-12,14-16H2,(H,27,31,33)(H,28,32,34). The lowest BCUT2D eigenvalue weighted by atomic mass is 10.1. The number of nitrogens with one attached hydrogen (secondary N) is 2. The quantitative estimate of drug-likeness (QED) is 0.322. The van der Waals surface area contributed by atoms with Crippen molar-refractivity contribution in [3.05, 3.63) is 52.3 Å². The molecule has 0 bridgehead atoms. The summed E-state index contributed by atoms with van der Waals surface area (Å²) in [5.41, 5.74) is 1.52. The Labute approximate surface area is 217 Å². The molecule has 10 nitrogen and oxygen atoms in total. The van der Waals surface area contributed by atoms with Crippen LogP contribution in [-0.2, 0) is 28.9 Å². The van der Waals surface area contributed by atoms with E-state index in [1.165, 1.54) is 22.7 Å². The molecule has 0 fully saturated rings. The van der Waals surface area contributed by atoms with Gasteiger partial charge in [0.05, 0.1) is 12.8 Å². The molecule has 12 heteroatoms. The van der Waals surface area contributed by atoms with E-state index in [-0.39, 0.29) is 24.7 Å². The van der Waals surface area contributed by atoms with E-state index in [1.807, 2.05) is 30.4 Å². The van der Waals surface area contributed by atoms with E-state index in [4.69, 9.17) is 0 Å². The lowest BCUT2D eigenvalue weighted by molar-refractivity contribution is -0.116. The van der Waals surface area contributed by atoms with E-state index in [2.05, 4.69) is 41.0 Å². The molecule has 36 heavy (non-hydrogen) atoms. The van der Waals surface area contributed by atoms with Crippen LogP contribution in [0.4, 0.5) is 10.3 Å². The maximum atomic E-state index is 12.1. The second-order valence-corrected chi connectivity index (χ2v) is 10.4. The van der Waals surface area contributed by atoms with Gasteiger partial charge in [-0.15, -0.1) is 20.4 Å². The van der Waals surface area contributed by atoms with Gasteiger partial charge in [0.25, 0.3) is 0 Å².